The van der Waals surface area contributed by atoms with Crippen molar-refractivity contribution in [2.75, 3.05) is 26.9 Å². The molecular weight excluding hydrogens is 373 g/mol. The van der Waals surface area contributed by atoms with Crippen molar-refractivity contribution in [1.29, 1.82) is 0 Å². The third-order valence-corrected chi connectivity index (χ3v) is 4.44. The van der Waals surface area contributed by atoms with Crippen LogP contribution in [0.15, 0.2) is 36.4 Å². The Hall–Kier alpha value is -1.46. The Labute approximate surface area is 165 Å². The van der Waals surface area contributed by atoms with Crippen LogP contribution in [0.5, 0.6) is 11.5 Å². The summed E-state index contributed by atoms with van der Waals surface area (Å²) in [7, 11) is 1.60. The molecule has 0 aliphatic heterocycles. The molecule has 0 saturated carbocycles. The average Bonchev–Trinajstić information content (AvgIpc) is 2.64. The molecule has 0 fully saturated rings. The van der Waals surface area contributed by atoms with E-state index in [4.69, 9.17) is 37.4 Å². The Bertz CT molecular complexity index is 695. The van der Waals surface area contributed by atoms with Gasteiger partial charge in [0.2, 0.25) is 0 Å². The fourth-order valence-corrected chi connectivity index (χ4v) is 2.94. The monoisotopic (exact) mass is 397 g/mol. The first-order valence-corrected chi connectivity index (χ1v) is 9.42. The molecule has 0 aliphatic carbocycles. The second-order valence-electron chi connectivity index (χ2n) is 5.72. The molecule has 0 spiro atoms. The third kappa shape index (κ3) is 6.36. The predicted molar refractivity (Wildman–Crippen MR) is 107 cm³/mol. The van der Waals surface area contributed by atoms with Crippen LogP contribution in [0.2, 0.25) is 10.0 Å². The van der Waals surface area contributed by atoms with E-state index in [-0.39, 0.29) is 0 Å². The summed E-state index contributed by atoms with van der Waals surface area (Å²) in [6.45, 7) is 5.42. The van der Waals surface area contributed by atoms with Gasteiger partial charge in [-0.25, -0.2) is 0 Å². The van der Waals surface area contributed by atoms with Gasteiger partial charge in [-0.15, -0.1) is 0 Å². The van der Waals surface area contributed by atoms with Gasteiger partial charge in [-0.2, -0.15) is 0 Å². The maximum absolute atomic E-state index is 6.41. The van der Waals surface area contributed by atoms with Crippen molar-refractivity contribution in [2.24, 2.45) is 0 Å². The highest BCUT2D eigenvalue weighted by atomic mass is 35.5. The Morgan fingerprint density at radius 1 is 1.08 bits per heavy atom. The maximum Gasteiger partial charge on any atom is 0.180 e. The van der Waals surface area contributed by atoms with Crippen molar-refractivity contribution in [3.8, 4) is 11.5 Å². The molecule has 0 radical (unpaired) electrons. The molecule has 6 heteroatoms. The van der Waals surface area contributed by atoms with E-state index in [0.29, 0.717) is 34.7 Å². The van der Waals surface area contributed by atoms with Gasteiger partial charge in [-0.3, -0.25) is 0 Å². The fraction of sp³-hybridized carbons (Fsp3) is 0.400. The van der Waals surface area contributed by atoms with Crippen LogP contribution in [-0.4, -0.2) is 26.9 Å². The first-order valence-electron chi connectivity index (χ1n) is 8.66. The molecular formula is C20H25Cl2NO3. The van der Waals surface area contributed by atoms with Gasteiger partial charge in [0.25, 0.3) is 0 Å². The highest BCUT2D eigenvalue weighted by Crippen LogP contribution is 2.37. The summed E-state index contributed by atoms with van der Waals surface area (Å²) in [5.41, 5.74) is 1.93. The SMILES string of the molecule is CCOCCCNCc1cc(Cl)c(OCc2ccccc2Cl)c(OC)c1. The molecule has 0 unspecified atom stereocenters. The molecule has 2 aromatic rings. The van der Waals surface area contributed by atoms with Gasteiger partial charge in [0.15, 0.2) is 11.5 Å². The summed E-state index contributed by atoms with van der Waals surface area (Å²) < 4.78 is 16.6. The molecule has 1 N–H and O–H groups in total. The van der Waals surface area contributed by atoms with Gasteiger partial charge in [-0.1, -0.05) is 41.4 Å². The maximum atomic E-state index is 6.41. The molecule has 0 amide bonds. The Morgan fingerprint density at radius 3 is 2.62 bits per heavy atom. The minimum atomic E-state index is 0.324. The Kier molecular flexibility index (Phi) is 9.06. The first kappa shape index (κ1) is 20.8. The highest BCUT2D eigenvalue weighted by molar-refractivity contribution is 6.32. The largest absolute Gasteiger partial charge is 0.493 e. The Morgan fingerprint density at radius 2 is 1.88 bits per heavy atom. The van der Waals surface area contributed by atoms with Gasteiger partial charge >= 0.3 is 0 Å². The summed E-state index contributed by atoms with van der Waals surface area (Å²) >= 11 is 12.6. The van der Waals surface area contributed by atoms with Gasteiger partial charge in [-0.05, 0) is 43.7 Å². The zero-order valence-electron chi connectivity index (χ0n) is 15.2. The summed E-state index contributed by atoms with van der Waals surface area (Å²) in [4.78, 5) is 0. The van der Waals surface area contributed by atoms with Crippen LogP contribution < -0.4 is 14.8 Å². The van der Waals surface area contributed by atoms with Crippen LogP contribution >= 0.6 is 23.2 Å². The van der Waals surface area contributed by atoms with Crippen molar-refractivity contribution >= 4 is 23.2 Å². The lowest BCUT2D eigenvalue weighted by Crippen LogP contribution is -2.16. The topological polar surface area (TPSA) is 39.7 Å². The van der Waals surface area contributed by atoms with Crippen LogP contribution in [-0.2, 0) is 17.9 Å². The van der Waals surface area contributed by atoms with Crippen molar-refractivity contribution in [3.05, 3.63) is 57.6 Å². The number of benzene rings is 2. The van der Waals surface area contributed by atoms with Gasteiger partial charge in [0, 0.05) is 30.3 Å². The van der Waals surface area contributed by atoms with Gasteiger partial charge < -0.3 is 19.5 Å². The molecule has 0 saturated heterocycles. The number of hydrogen-bond donors (Lipinski definition) is 1. The van der Waals surface area contributed by atoms with E-state index in [1.807, 2.05) is 43.3 Å². The van der Waals surface area contributed by atoms with E-state index in [1.54, 1.807) is 7.11 Å². The summed E-state index contributed by atoms with van der Waals surface area (Å²) in [6.07, 6.45) is 0.970. The number of rotatable bonds is 11. The van der Waals surface area contributed by atoms with E-state index in [0.717, 1.165) is 37.3 Å². The van der Waals surface area contributed by atoms with Crippen molar-refractivity contribution in [1.82, 2.24) is 5.32 Å². The lowest BCUT2D eigenvalue weighted by molar-refractivity contribution is 0.144. The summed E-state index contributed by atoms with van der Waals surface area (Å²) in [5.74, 6) is 1.13. The van der Waals surface area contributed by atoms with Gasteiger partial charge in [0.05, 0.1) is 12.1 Å². The van der Waals surface area contributed by atoms with E-state index in [2.05, 4.69) is 5.32 Å². The van der Waals surface area contributed by atoms with Crippen LogP contribution in [0.25, 0.3) is 0 Å². The van der Waals surface area contributed by atoms with Crippen molar-refractivity contribution in [3.63, 3.8) is 0 Å². The molecule has 26 heavy (non-hydrogen) atoms. The summed E-state index contributed by atoms with van der Waals surface area (Å²) in [6, 6.07) is 11.4. The second-order valence-corrected chi connectivity index (χ2v) is 6.53. The molecule has 142 valence electrons. The quantitative estimate of drug-likeness (QED) is 0.535. The minimum absolute atomic E-state index is 0.324. The average molecular weight is 398 g/mol. The lowest BCUT2D eigenvalue weighted by Gasteiger charge is -2.15. The highest BCUT2D eigenvalue weighted by Gasteiger charge is 2.13. The normalized spacial score (nSPS) is 10.8. The molecule has 2 rings (SSSR count). The standard InChI is InChI=1S/C20H25Cl2NO3/c1-3-25-10-6-9-23-13-15-11-18(22)20(19(12-15)24-2)26-14-16-7-4-5-8-17(16)21/h4-5,7-8,11-12,23H,3,6,9-10,13-14H2,1-2H3. The molecule has 0 atom stereocenters. The number of hydrogen-bond acceptors (Lipinski definition) is 4. The molecule has 0 heterocycles. The number of nitrogens with one attached hydrogen (secondary N) is 1. The summed E-state index contributed by atoms with van der Waals surface area (Å²) in [5, 5.41) is 4.55. The zero-order valence-corrected chi connectivity index (χ0v) is 16.7. The molecule has 0 aliphatic rings. The predicted octanol–water partition coefficient (Wildman–Crippen LogP) is 5.10. The fourth-order valence-electron chi connectivity index (χ4n) is 2.46. The van der Waals surface area contributed by atoms with Crippen LogP contribution in [0.4, 0.5) is 0 Å². The number of methoxy groups -OCH3 is 1. The molecule has 2 aromatic carbocycles. The van der Waals surface area contributed by atoms with E-state index >= 15 is 0 Å². The van der Waals surface area contributed by atoms with E-state index in [1.165, 1.54) is 0 Å². The number of ether oxygens (including phenoxy) is 3. The van der Waals surface area contributed by atoms with E-state index in [9.17, 15) is 0 Å². The van der Waals surface area contributed by atoms with E-state index < -0.39 is 0 Å². The Balaban J connectivity index is 1.96. The second kappa shape index (κ2) is 11.3. The smallest absolute Gasteiger partial charge is 0.180 e. The third-order valence-electron chi connectivity index (χ3n) is 3.79. The van der Waals surface area contributed by atoms with Crippen LogP contribution in [0, 0.1) is 0 Å². The van der Waals surface area contributed by atoms with Crippen molar-refractivity contribution < 1.29 is 14.2 Å². The number of halogens is 2. The lowest BCUT2D eigenvalue weighted by atomic mass is 10.2. The molecule has 0 aromatic heterocycles. The van der Waals surface area contributed by atoms with Gasteiger partial charge in [0.1, 0.15) is 6.61 Å². The molecule has 4 nitrogen and oxygen atoms in total. The first-order chi connectivity index (χ1) is 12.7. The zero-order chi connectivity index (χ0) is 18.8. The molecule has 0 bridgehead atoms. The van der Waals surface area contributed by atoms with Crippen LogP contribution in [0.1, 0.15) is 24.5 Å². The van der Waals surface area contributed by atoms with Crippen LogP contribution in [0.3, 0.4) is 0 Å². The van der Waals surface area contributed by atoms with Crippen molar-refractivity contribution in [2.45, 2.75) is 26.5 Å². The minimum Gasteiger partial charge on any atom is -0.493 e.